The number of halogens is 3. The molecule has 1 aliphatic heterocycles. The van der Waals surface area contributed by atoms with Gasteiger partial charge in [0.25, 0.3) is 0 Å². The molecule has 1 saturated heterocycles. The van der Waals surface area contributed by atoms with Gasteiger partial charge in [0.15, 0.2) is 0 Å². The highest BCUT2D eigenvalue weighted by molar-refractivity contribution is 5.87. The highest BCUT2D eigenvalue weighted by Crippen LogP contribution is 2.29. The molecule has 0 saturated carbocycles. The molecular weight excluding hydrogens is 338 g/mol. The molecule has 3 N–H and O–H groups in total. The third-order valence-electron chi connectivity index (χ3n) is 4.23. The van der Waals surface area contributed by atoms with Crippen molar-refractivity contribution in [3.05, 3.63) is 42.0 Å². The summed E-state index contributed by atoms with van der Waals surface area (Å²) in [6.07, 6.45) is -0.369. The standard InChI is InChI=1S/C17H20F2N2O2.ClH/c18-17(19)23-16-6-5-11-3-1-2-4-13(11)14(16)9-20-7-12-8-21-10-15(12)22;/h1-6,12,15,17,20-22H,7-10H2;1H. The summed E-state index contributed by atoms with van der Waals surface area (Å²) < 4.78 is 29.9. The molecule has 2 atom stereocenters. The molecule has 0 aromatic heterocycles. The summed E-state index contributed by atoms with van der Waals surface area (Å²) in [4.78, 5) is 0. The number of ether oxygens (including phenoxy) is 1. The normalized spacial score (nSPS) is 20.3. The van der Waals surface area contributed by atoms with E-state index < -0.39 is 6.61 Å². The molecular formula is C17H21ClF2N2O2. The summed E-state index contributed by atoms with van der Waals surface area (Å²) in [6.45, 7) is -0.474. The van der Waals surface area contributed by atoms with Crippen molar-refractivity contribution in [3.63, 3.8) is 0 Å². The lowest BCUT2D eigenvalue weighted by Crippen LogP contribution is -2.30. The molecule has 24 heavy (non-hydrogen) atoms. The number of alkyl halides is 2. The summed E-state index contributed by atoms with van der Waals surface area (Å²) in [5.41, 5.74) is 0.712. The number of hydrogen-bond acceptors (Lipinski definition) is 4. The van der Waals surface area contributed by atoms with E-state index in [0.29, 0.717) is 25.2 Å². The Labute approximate surface area is 145 Å². The molecule has 2 aromatic rings. The molecule has 7 heteroatoms. The van der Waals surface area contributed by atoms with Gasteiger partial charge < -0.3 is 20.5 Å². The SMILES string of the molecule is Cl.OC1CNCC1CNCc1c(OC(F)F)ccc2ccccc12. The fourth-order valence-corrected chi connectivity index (χ4v) is 3.01. The van der Waals surface area contributed by atoms with Gasteiger partial charge in [-0.15, -0.1) is 12.4 Å². The van der Waals surface area contributed by atoms with Crippen LogP contribution in [0.2, 0.25) is 0 Å². The van der Waals surface area contributed by atoms with Crippen molar-refractivity contribution >= 4 is 23.2 Å². The molecule has 0 bridgehead atoms. The Balaban J connectivity index is 0.00000208. The maximum absolute atomic E-state index is 12.6. The molecule has 2 aromatic carbocycles. The lowest BCUT2D eigenvalue weighted by Gasteiger charge is -2.17. The maximum Gasteiger partial charge on any atom is 0.387 e. The first-order valence-corrected chi connectivity index (χ1v) is 7.70. The van der Waals surface area contributed by atoms with E-state index in [9.17, 15) is 13.9 Å². The highest BCUT2D eigenvalue weighted by atomic mass is 35.5. The van der Waals surface area contributed by atoms with E-state index >= 15 is 0 Å². The number of hydrogen-bond donors (Lipinski definition) is 3. The van der Waals surface area contributed by atoms with Crippen LogP contribution in [-0.2, 0) is 6.54 Å². The van der Waals surface area contributed by atoms with Crippen LogP contribution in [0.3, 0.4) is 0 Å². The fraction of sp³-hybridized carbons (Fsp3) is 0.412. The first-order chi connectivity index (χ1) is 11.1. The first-order valence-electron chi connectivity index (χ1n) is 7.70. The zero-order chi connectivity index (χ0) is 16.2. The third-order valence-corrected chi connectivity index (χ3v) is 4.23. The van der Waals surface area contributed by atoms with Crippen molar-refractivity contribution in [2.75, 3.05) is 19.6 Å². The minimum absolute atomic E-state index is 0. The molecule has 2 unspecified atom stereocenters. The lowest BCUT2D eigenvalue weighted by molar-refractivity contribution is -0.0503. The van der Waals surface area contributed by atoms with Gasteiger partial charge in [-0.2, -0.15) is 8.78 Å². The summed E-state index contributed by atoms with van der Waals surface area (Å²) in [6, 6.07) is 11.0. The largest absolute Gasteiger partial charge is 0.434 e. The molecule has 0 aliphatic carbocycles. The number of aliphatic hydroxyl groups excluding tert-OH is 1. The molecule has 0 radical (unpaired) electrons. The van der Waals surface area contributed by atoms with Crippen LogP contribution in [0.5, 0.6) is 5.75 Å². The fourth-order valence-electron chi connectivity index (χ4n) is 3.01. The van der Waals surface area contributed by atoms with E-state index in [1.165, 1.54) is 0 Å². The highest BCUT2D eigenvalue weighted by Gasteiger charge is 2.24. The second-order valence-electron chi connectivity index (χ2n) is 5.76. The number of nitrogens with one attached hydrogen (secondary N) is 2. The minimum atomic E-state index is -2.85. The molecule has 3 rings (SSSR count). The Bertz CT molecular complexity index is 672. The minimum Gasteiger partial charge on any atom is -0.434 e. The van der Waals surface area contributed by atoms with Crippen LogP contribution < -0.4 is 15.4 Å². The predicted octanol–water partition coefficient (Wildman–Crippen LogP) is 2.53. The summed E-state index contributed by atoms with van der Waals surface area (Å²) >= 11 is 0. The zero-order valence-electron chi connectivity index (χ0n) is 13.0. The first kappa shape index (κ1) is 18.9. The molecule has 0 amide bonds. The molecule has 0 spiro atoms. The molecule has 1 aliphatic rings. The number of benzene rings is 2. The van der Waals surface area contributed by atoms with Crippen LogP contribution in [0.1, 0.15) is 5.56 Å². The van der Waals surface area contributed by atoms with E-state index in [-0.39, 0.29) is 30.2 Å². The Hall–Kier alpha value is -1.47. The van der Waals surface area contributed by atoms with E-state index in [4.69, 9.17) is 0 Å². The van der Waals surface area contributed by atoms with Crippen LogP contribution in [0.15, 0.2) is 36.4 Å². The Morgan fingerprint density at radius 3 is 2.71 bits per heavy atom. The zero-order valence-corrected chi connectivity index (χ0v) is 13.9. The molecule has 132 valence electrons. The average molecular weight is 359 g/mol. The summed E-state index contributed by atoms with van der Waals surface area (Å²) in [5, 5.41) is 18.1. The molecule has 1 heterocycles. The smallest absolute Gasteiger partial charge is 0.387 e. The topological polar surface area (TPSA) is 53.5 Å². The second kappa shape index (κ2) is 8.58. The second-order valence-corrected chi connectivity index (χ2v) is 5.76. The van der Waals surface area contributed by atoms with E-state index in [0.717, 1.165) is 17.3 Å². The van der Waals surface area contributed by atoms with Crippen molar-refractivity contribution in [1.29, 1.82) is 0 Å². The number of aliphatic hydroxyl groups is 1. The third kappa shape index (κ3) is 4.33. The van der Waals surface area contributed by atoms with Crippen LogP contribution in [0, 0.1) is 5.92 Å². The van der Waals surface area contributed by atoms with E-state index in [1.807, 2.05) is 24.3 Å². The number of β-amino-alcohol motifs (C(OH)–C–C–N with tert-alkyl or cyclic N) is 1. The maximum atomic E-state index is 12.6. The Morgan fingerprint density at radius 2 is 2.00 bits per heavy atom. The van der Waals surface area contributed by atoms with Crippen molar-refractivity contribution in [3.8, 4) is 5.75 Å². The van der Waals surface area contributed by atoms with Crippen LogP contribution in [0.25, 0.3) is 10.8 Å². The van der Waals surface area contributed by atoms with Crippen LogP contribution >= 0.6 is 12.4 Å². The van der Waals surface area contributed by atoms with Gasteiger partial charge in [-0.1, -0.05) is 30.3 Å². The van der Waals surface area contributed by atoms with Gasteiger partial charge in [0.1, 0.15) is 5.75 Å². The van der Waals surface area contributed by atoms with Gasteiger partial charge in [0, 0.05) is 37.7 Å². The number of fused-ring (bicyclic) bond motifs is 1. The summed E-state index contributed by atoms with van der Waals surface area (Å²) in [5.74, 6) is 0.320. The van der Waals surface area contributed by atoms with Crippen molar-refractivity contribution < 1.29 is 18.6 Å². The average Bonchev–Trinajstić information content (AvgIpc) is 2.94. The Kier molecular flexibility index (Phi) is 6.74. The van der Waals surface area contributed by atoms with Crippen molar-refractivity contribution in [2.24, 2.45) is 5.92 Å². The quantitative estimate of drug-likeness (QED) is 0.743. The van der Waals surface area contributed by atoms with Gasteiger partial charge in [-0.25, -0.2) is 0 Å². The van der Waals surface area contributed by atoms with Crippen LogP contribution in [0.4, 0.5) is 8.78 Å². The van der Waals surface area contributed by atoms with Gasteiger partial charge in [0.05, 0.1) is 6.10 Å². The van der Waals surface area contributed by atoms with Gasteiger partial charge in [0.2, 0.25) is 0 Å². The predicted molar refractivity (Wildman–Crippen MR) is 91.9 cm³/mol. The van der Waals surface area contributed by atoms with Crippen LogP contribution in [-0.4, -0.2) is 37.5 Å². The Morgan fingerprint density at radius 1 is 1.21 bits per heavy atom. The van der Waals surface area contributed by atoms with Gasteiger partial charge >= 0.3 is 6.61 Å². The van der Waals surface area contributed by atoms with E-state index in [1.54, 1.807) is 12.1 Å². The molecule has 4 nitrogen and oxygen atoms in total. The summed E-state index contributed by atoms with van der Waals surface area (Å²) in [7, 11) is 0. The van der Waals surface area contributed by atoms with Gasteiger partial charge in [-0.05, 0) is 16.8 Å². The monoisotopic (exact) mass is 358 g/mol. The molecule has 1 fully saturated rings. The lowest BCUT2D eigenvalue weighted by atomic mass is 10.0. The van der Waals surface area contributed by atoms with Crippen molar-refractivity contribution in [1.82, 2.24) is 10.6 Å². The van der Waals surface area contributed by atoms with E-state index in [2.05, 4.69) is 15.4 Å². The van der Waals surface area contributed by atoms with Gasteiger partial charge in [-0.3, -0.25) is 0 Å². The number of rotatable bonds is 6. The van der Waals surface area contributed by atoms with Crippen molar-refractivity contribution in [2.45, 2.75) is 19.3 Å².